The van der Waals surface area contributed by atoms with Gasteiger partial charge in [0, 0.05) is 4.47 Å². The number of hydrogen-bond acceptors (Lipinski definition) is 6. The van der Waals surface area contributed by atoms with Gasteiger partial charge in [-0.15, -0.1) is 5.10 Å². The number of nitrogens with zero attached hydrogens (tertiary/aromatic N) is 3. The first kappa shape index (κ1) is 16.2. The third-order valence-electron chi connectivity index (χ3n) is 2.61. The zero-order valence-corrected chi connectivity index (χ0v) is 13.4. The molecule has 1 aliphatic rings. The number of carbonyl (C=O) groups is 2. The van der Waals surface area contributed by atoms with Crippen LogP contribution in [-0.4, -0.2) is 33.6 Å². The van der Waals surface area contributed by atoms with E-state index in [-0.39, 0.29) is 17.5 Å². The van der Waals surface area contributed by atoms with Crippen LogP contribution >= 0.6 is 27.7 Å². The molecule has 2 rings (SSSR count). The number of carboxylic acid groups (broad SMARTS) is 1. The first-order chi connectivity index (χ1) is 10.5. The van der Waals surface area contributed by atoms with Gasteiger partial charge < -0.3 is 10.4 Å². The summed E-state index contributed by atoms with van der Waals surface area (Å²) in [5.41, 5.74) is 1.24. The number of benzene rings is 1. The van der Waals surface area contributed by atoms with Gasteiger partial charge in [-0.2, -0.15) is 10.4 Å². The Balaban J connectivity index is 2.03. The monoisotopic (exact) mass is 380 g/mol. The van der Waals surface area contributed by atoms with E-state index in [2.05, 4.69) is 31.4 Å². The number of rotatable bonds is 4. The predicted octanol–water partition coefficient (Wildman–Crippen LogP) is 1.72. The van der Waals surface area contributed by atoms with E-state index in [0.29, 0.717) is 10.0 Å². The van der Waals surface area contributed by atoms with Crippen molar-refractivity contribution in [2.24, 2.45) is 10.2 Å². The minimum Gasteiger partial charge on any atom is -0.481 e. The van der Waals surface area contributed by atoms with E-state index < -0.39 is 11.2 Å². The van der Waals surface area contributed by atoms with Crippen LogP contribution in [0.5, 0.6) is 0 Å². The fraction of sp³-hybridized carbons (Fsp3) is 0.154. The van der Waals surface area contributed by atoms with Gasteiger partial charge in [-0.05, 0) is 33.6 Å². The molecule has 0 aliphatic carbocycles. The number of aliphatic carboxylic acids is 1. The summed E-state index contributed by atoms with van der Waals surface area (Å²) < 4.78 is 0.650. The smallest absolute Gasteiger partial charge is 0.305 e. The molecule has 7 nitrogen and oxygen atoms in total. The van der Waals surface area contributed by atoms with Crippen LogP contribution in [0.1, 0.15) is 17.5 Å². The number of halogens is 1. The van der Waals surface area contributed by atoms with Crippen LogP contribution in [0.25, 0.3) is 0 Å². The molecule has 1 aromatic carbocycles. The molecule has 1 atom stereocenters. The van der Waals surface area contributed by atoms with E-state index >= 15 is 0 Å². The number of hydrogen-bond donors (Lipinski definition) is 2. The number of amides is 1. The number of nitriles is 1. The Hall–Kier alpha value is -2.18. The van der Waals surface area contributed by atoms with E-state index in [0.717, 1.165) is 17.3 Å². The number of thioether (sulfide) groups is 1. The molecule has 0 saturated carbocycles. The van der Waals surface area contributed by atoms with Gasteiger partial charge in [0.05, 0.1) is 18.2 Å². The summed E-state index contributed by atoms with van der Waals surface area (Å²) in [4.78, 5) is 22.1. The van der Waals surface area contributed by atoms with E-state index in [1.165, 1.54) is 6.21 Å². The van der Waals surface area contributed by atoms with E-state index in [4.69, 9.17) is 10.4 Å². The maximum Gasteiger partial charge on any atom is 0.305 e. The summed E-state index contributed by atoms with van der Waals surface area (Å²) in [7, 11) is 0. The lowest BCUT2D eigenvalue weighted by molar-refractivity contribution is -0.138. The molecular weight excluding hydrogens is 372 g/mol. The van der Waals surface area contributed by atoms with Crippen molar-refractivity contribution in [3.05, 3.63) is 33.8 Å². The molecule has 0 spiro atoms. The first-order valence-electron chi connectivity index (χ1n) is 5.99. The minimum atomic E-state index is -1.04. The third kappa shape index (κ3) is 4.16. The fourth-order valence-corrected chi connectivity index (χ4v) is 3.00. The van der Waals surface area contributed by atoms with Gasteiger partial charge in [0.2, 0.25) is 5.91 Å². The molecule has 1 amide bonds. The highest BCUT2D eigenvalue weighted by molar-refractivity contribution is 9.10. The summed E-state index contributed by atoms with van der Waals surface area (Å²) in [6.07, 6.45) is 1.21. The van der Waals surface area contributed by atoms with Crippen molar-refractivity contribution in [3.63, 3.8) is 0 Å². The number of amidine groups is 1. The van der Waals surface area contributed by atoms with Crippen molar-refractivity contribution >= 4 is 51.0 Å². The molecular formula is C13H9BrN4O3S. The van der Waals surface area contributed by atoms with Gasteiger partial charge in [0.15, 0.2) is 5.17 Å². The van der Waals surface area contributed by atoms with Crippen molar-refractivity contribution in [2.45, 2.75) is 11.7 Å². The number of nitrogens with one attached hydrogen (secondary N) is 1. The third-order valence-corrected chi connectivity index (χ3v) is 4.33. The molecule has 1 fully saturated rings. The Morgan fingerprint density at radius 3 is 3.00 bits per heavy atom. The van der Waals surface area contributed by atoms with Crippen LogP contribution < -0.4 is 5.32 Å². The Labute approximate surface area is 138 Å². The largest absolute Gasteiger partial charge is 0.481 e. The molecule has 112 valence electrons. The van der Waals surface area contributed by atoms with Crippen molar-refractivity contribution in [1.29, 1.82) is 5.26 Å². The van der Waals surface area contributed by atoms with Gasteiger partial charge in [-0.25, -0.2) is 0 Å². The van der Waals surface area contributed by atoms with Crippen LogP contribution in [0.2, 0.25) is 0 Å². The van der Waals surface area contributed by atoms with Gasteiger partial charge in [0.25, 0.3) is 0 Å². The van der Waals surface area contributed by atoms with E-state index in [9.17, 15) is 9.59 Å². The highest BCUT2D eigenvalue weighted by Crippen LogP contribution is 2.22. The van der Waals surface area contributed by atoms with Crippen molar-refractivity contribution in [1.82, 2.24) is 5.32 Å². The maximum atomic E-state index is 11.5. The molecule has 0 bridgehead atoms. The normalized spacial score (nSPS) is 19.4. The molecule has 1 saturated heterocycles. The maximum absolute atomic E-state index is 11.5. The zero-order valence-electron chi connectivity index (χ0n) is 11.0. The molecule has 0 radical (unpaired) electrons. The summed E-state index contributed by atoms with van der Waals surface area (Å²) in [5.74, 6) is -1.43. The Kier molecular flexibility index (Phi) is 5.30. The molecule has 0 aromatic heterocycles. The second-order valence-electron chi connectivity index (χ2n) is 4.19. The van der Waals surface area contributed by atoms with E-state index in [1.807, 2.05) is 6.07 Å². The molecule has 1 aromatic rings. The van der Waals surface area contributed by atoms with Gasteiger partial charge in [-0.1, -0.05) is 17.8 Å². The van der Waals surface area contributed by atoms with Crippen LogP contribution in [0, 0.1) is 11.3 Å². The Morgan fingerprint density at radius 2 is 2.36 bits per heavy atom. The summed E-state index contributed by atoms with van der Waals surface area (Å²) in [6, 6.07) is 7.10. The minimum absolute atomic E-state index is 0.262. The van der Waals surface area contributed by atoms with Gasteiger partial charge in [0.1, 0.15) is 11.3 Å². The number of carbonyl (C=O) groups excluding carboxylic acids is 1. The van der Waals surface area contributed by atoms with E-state index in [1.54, 1.807) is 18.2 Å². The number of carboxylic acids is 1. The topological polar surface area (TPSA) is 115 Å². The molecule has 9 heteroatoms. The summed E-state index contributed by atoms with van der Waals surface area (Å²) in [5, 5.41) is 27.2. The molecule has 22 heavy (non-hydrogen) atoms. The van der Waals surface area contributed by atoms with Gasteiger partial charge in [-0.3, -0.25) is 9.59 Å². The SMILES string of the molecule is N#Cc1ccc(C=NN=C2NC(=O)C(CC(=O)O)S2)cc1Br. The standard InChI is InChI=1S/C13H9BrN4O3S/c14-9-3-7(1-2-8(9)5-15)6-16-18-13-17-12(21)10(22-13)4-11(19)20/h1-3,6,10H,4H2,(H,19,20)(H,17,18,21). The van der Waals surface area contributed by atoms with Crippen LogP contribution in [-0.2, 0) is 9.59 Å². The molecule has 1 aliphatic heterocycles. The van der Waals surface area contributed by atoms with Crippen LogP contribution in [0.4, 0.5) is 0 Å². The zero-order chi connectivity index (χ0) is 16.1. The Bertz CT molecular complexity index is 726. The lowest BCUT2D eigenvalue weighted by atomic mass is 10.2. The van der Waals surface area contributed by atoms with Crippen molar-refractivity contribution in [3.8, 4) is 6.07 Å². The molecule has 2 N–H and O–H groups in total. The highest BCUT2D eigenvalue weighted by atomic mass is 79.9. The lowest BCUT2D eigenvalue weighted by Crippen LogP contribution is -2.26. The highest BCUT2D eigenvalue weighted by Gasteiger charge is 2.32. The Morgan fingerprint density at radius 1 is 1.59 bits per heavy atom. The average molecular weight is 381 g/mol. The molecule has 1 unspecified atom stereocenters. The quantitative estimate of drug-likeness (QED) is 0.609. The fourth-order valence-electron chi connectivity index (χ4n) is 1.60. The predicted molar refractivity (Wildman–Crippen MR) is 85.7 cm³/mol. The summed E-state index contributed by atoms with van der Waals surface area (Å²) >= 11 is 4.30. The molecule has 1 heterocycles. The average Bonchev–Trinajstić information content (AvgIpc) is 2.78. The van der Waals surface area contributed by atoms with Crippen molar-refractivity contribution in [2.75, 3.05) is 0 Å². The second-order valence-corrected chi connectivity index (χ2v) is 6.24. The first-order valence-corrected chi connectivity index (χ1v) is 7.67. The van der Waals surface area contributed by atoms with Crippen molar-refractivity contribution < 1.29 is 14.7 Å². The van der Waals surface area contributed by atoms with Gasteiger partial charge >= 0.3 is 5.97 Å². The van der Waals surface area contributed by atoms with Crippen LogP contribution in [0.15, 0.2) is 32.9 Å². The summed E-state index contributed by atoms with van der Waals surface area (Å²) in [6.45, 7) is 0. The second kappa shape index (κ2) is 7.20. The lowest BCUT2D eigenvalue weighted by Gasteiger charge is -1.98. The van der Waals surface area contributed by atoms with Crippen LogP contribution in [0.3, 0.4) is 0 Å².